The molecule has 21 heavy (non-hydrogen) atoms. The summed E-state index contributed by atoms with van der Waals surface area (Å²) in [5, 5.41) is 0. The Bertz CT molecular complexity index is 545. The van der Waals surface area contributed by atoms with E-state index in [2.05, 4.69) is 43.9 Å². The minimum atomic E-state index is 0.449. The minimum absolute atomic E-state index is 0.449. The normalized spacial score (nSPS) is 35.6. The van der Waals surface area contributed by atoms with Crippen LogP contribution in [0.2, 0.25) is 0 Å². The molecule has 1 aromatic carbocycles. The zero-order valence-corrected chi connectivity index (χ0v) is 13.9. The average molecular weight is 283 g/mol. The maximum atomic E-state index is 2.85. The summed E-state index contributed by atoms with van der Waals surface area (Å²) in [6, 6.07) is 8.03. The fourth-order valence-electron chi connectivity index (χ4n) is 5.21. The summed E-state index contributed by atoms with van der Waals surface area (Å²) < 4.78 is 0. The third kappa shape index (κ3) is 2.08. The second kappa shape index (κ2) is 4.84. The molecule has 1 nitrogen and oxygen atoms in total. The predicted molar refractivity (Wildman–Crippen MR) is 88.7 cm³/mol. The molecule has 1 heteroatoms. The van der Waals surface area contributed by atoms with Crippen molar-refractivity contribution >= 4 is 0 Å². The SMILES string of the molecule is CCC12CCN(CC3CC3)C(Cc3ccc(C)cc31)C2C. The van der Waals surface area contributed by atoms with Gasteiger partial charge in [-0.25, -0.2) is 0 Å². The summed E-state index contributed by atoms with van der Waals surface area (Å²) in [6.07, 6.45) is 6.91. The lowest BCUT2D eigenvalue weighted by molar-refractivity contribution is 0.0180. The van der Waals surface area contributed by atoms with Crippen LogP contribution in [0.15, 0.2) is 18.2 Å². The van der Waals surface area contributed by atoms with Crippen LogP contribution in [0.1, 0.15) is 56.2 Å². The minimum Gasteiger partial charge on any atom is -0.299 e. The second-order valence-corrected chi connectivity index (χ2v) is 7.92. The highest BCUT2D eigenvalue weighted by Crippen LogP contribution is 2.51. The highest BCUT2D eigenvalue weighted by molar-refractivity contribution is 5.42. The number of nitrogens with zero attached hydrogens (tertiary/aromatic N) is 1. The van der Waals surface area contributed by atoms with Crippen molar-refractivity contribution in [1.82, 2.24) is 4.90 Å². The molecule has 0 aromatic heterocycles. The maximum absolute atomic E-state index is 2.85. The highest BCUT2D eigenvalue weighted by Gasteiger charge is 2.50. The van der Waals surface area contributed by atoms with Crippen LogP contribution in [-0.4, -0.2) is 24.0 Å². The van der Waals surface area contributed by atoms with Crippen LogP contribution in [0.5, 0.6) is 0 Å². The summed E-state index contributed by atoms with van der Waals surface area (Å²) >= 11 is 0. The van der Waals surface area contributed by atoms with E-state index in [1.165, 1.54) is 50.8 Å². The number of fused-ring (bicyclic) bond motifs is 4. The van der Waals surface area contributed by atoms with Crippen LogP contribution in [0, 0.1) is 18.8 Å². The van der Waals surface area contributed by atoms with E-state index >= 15 is 0 Å². The third-order valence-corrected chi connectivity index (χ3v) is 6.81. The molecule has 0 N–H and O–H groups in total. The molecule has 1 heterocycles. The van der Waals surface area contributed by atoms with Crippen LogP contribution in [-0.2, 0) is 11.8 Å². The van der Waals surface area contributed by atoms with Crippen molar-refractivity contribution in [2.45, 2.75) is 64.3 Å². The lowest BCUT2D eigenvalue weighted by atomic mass is 9.56. The van der Waals surface area contributed by atoms with Crippen molar-refractivity contribution in [2.24, 2.45) is 11.8 Å². The molecule has 2 aliphatic carbocycles. The Morgan fingerprint density at radius 3 is 2.81 bits per heavy atom. The fraction of sp³-hybridized carbons (Fsp3) is 0.700. The lowest BCUT2D eigenvalue weighted by Gasteiger charge is -2.56. The van der Waals surface area contributed by atoms with E-state index in [4.69, 9.17) is 0 Å². The van der Waals surface area contributed by atoms with Crippen LogP contribution in [0.25, 0.3) is 0 Å². The Balaban J connectivity index is 1.74. The Hall–Kier alpha value is -0.820. The van der Waals surface area contributed by atoms with Crippen molar-refractivity contribution in [3.63, 3.8) is 0 Å². The standard InChI is InChI=1S/C20H29N/c1-4-20-9-10-21(13-16-6-7-16)19(15(20)3)12-17-8-5-14(2)11-18(17)20/h5,8,11,15-16,19H,4,6-7,9-10,12-13H2,1-3H3. The van der Waals surface area contributed by atoms with Gasteiger partial charge in [-0.1, -0.05) is 37.6 Å². The van der Waals surface area contributed by atoms with Crippen LogP contribution >= 0.6 is 0 Å². The first-order valence-electron chi connectivity index (χ1n) is 8.98. The number of aryl methyl sites for hydroxylation is 1. The van der Waals surface area contributed by atoms with Crippen molar-refractivity contribution < 1.29 is 0 Å². The van der Waals surface area contributed by atoms with E-state index in [0.717, 1.165) is 17.9 Å². The smallest absolute Gasteiger partial charge is 0.0170 e. The van der Waals surface area contributed by atoms with Crippen molar-refractivity contribution in [3.8, 4) is 0 Å². The molecule has 4 rings (SSSR count). The first kappa shape index (κ1) is 13.8. The van der Waals surface area contributed by atoms with E-state index in [-0.39, 0.29) is 0 Å². The van der Waals surface area contributed by atoms with Gasteiger partial charge in [0.25, 0.3) is 0 Å². The number of hydrogen-bond donors (Lipinski definition) is 0. The predicted octanol–water partition coefficient (Wildman–Crippen LogP) is 4.32. The Labute approximate surface area is 129 Å². The maximum Gasteiger partial charge on any atom is 0.0170 e. The molecule has 3 atom stereocenters. The molecule has 0 radical (unpaired) electrons. The molecule has 2 bridgehead atoms. The quantitative estimate of drug-likeness (QED) is 0.798. The fourth-order valence-corrected chi connectivity index (χ4v) is 5.21. The summed E-state index contributed by atoms with van der Waals surface area (Å²) in [5.74, 6) is 1.83. The van der Waals surface area contributed by atoms with Gasteiger partial charge in [-0.3, -0.25) is 4.90 Å². The molecular formula is C20H29N. The van der Waals surface area contributed by atoms with E-state index in [1.54, 1.807) is 11.1 Å². The molecule has 3 unspecified atom stereocenters. The van der Waals surface area contributed by atoms with Crippen molar-refractivity contribution in [3.05, 3.63) is 34.9 Å². The molecule has 1 aliphatic heterocycles. The van der Waals surface area contributed by atoms with Gasteiger partial charge in [0.1, 0.15) is 0 Å². The monoisotopic (exact) mass is 283 g/mol. The van der Waals surface area contributed by atoms with Crippen LogP contribution in [0.4, 0.5) is 0 Å². The first-order chi connectivity index (χ1) is 10.1. The molecule has 0 spiro atoms. The van der Waals surface area contributed by atoms with Crippen LogP contribution < -0.4 is 0 Å². The molecule has 0 amide bonds. The van der Waals surface area contributed by atoms with Gasteiger partial charge in [-0.15, -0.1) is 0 Å². The van der Waals surface area contributed by atoms with Gasteiger partial charge in [0.05, 0.1) is 0 Å². The molecule has 1 aromatic rings. The number of rotatable bonds is 3. The molecule has 114 valence electrons. The van der Waals surface area contributed by atoms with Gasteiger partial charge in [0.15, 0.2) is 0 Å². The summed E-state index contributed by atoms with van der Waals surface area (Å²) in [5.41, 5.74) is 5.23. The molecule has 3 aliphatic rings. The van der Waals surface area contributed by atoms with Gasteiger partial charge < -0.3 is 0 Å². The summed E-state index contributed by atoms with van der Waals surface area (Å²) in [4.78, 5) is 2.85. The molecular weight excluding hydrogens is 254 g/mol. The number of hydrogen-bond acceptors (Lipinski definition) is 1. The zero-order valence-electron chi connectivity index (χ0n) is 13.9. The topological polar surface area (TPSA) is 3.24 Å². The van der Waals surface area contributed by atoms with Gasteiger partial charge in [0.2, 0.25) is 0 Å². The molecule has 2 fully saturated rings. The van der Waals surface area contributed by atoms with Crippen LogP contribution in [0.3, 0.4) is 0 Å². The number of benzene rings is 1. The van der Waals surface area contributed by atoms with Crippen molar-refractivity contribution in [2.75, 3.05) is 13.1 Å². The zero-order chi connectivity index (χ0) is 14.6. The van der Waals surface area contributed by atoms with E-state index in [0.29, 0.717) is 5.41 Å². The average Bonchev–Trinajstić information content (AvgIpc) is 3.28. The second-order valence-electron chi connectivity index (χ2n) is 7.92. The summed E-state index contributed by atoms with van der Waals surface area (Å²) in [6.45, 7) is 9.91. The highest BCUT2D eigenvalue weighted by atomic mass is 15.2. The number of likely N-dealkylation sites (tertiary alicyclic amines) is 1. The van der Waals surface area contributed by atoms with E-state index < -0.39 is 0 Å². The molecule has 1 saturated carbocycles. The Kier molecular flexibility index (Phi) is 3.19. The largest absolute Gasteiger partial charge is 0.299 e. The molecule has 1 saturated heterocycles. The van der Waals surface area contributed by atoms with E-state index in [9.17, 15) is 0 Å². The van der Waals surface area contributed by atoms with E-state index in [1.807, 2.05) is 0 Å². The summed E-state index contributed by atoms with van der Waals surface area (Å²) in [7, 11) is 0. The Morgan fingerprint density at radius 1 is 1.29 bits per heavy atom. The third-order valence-electron chi connectivity index (χ3n) is 6.81. The van der Waals surface area contributed by atoms with Gasteiger partial charge in [-0.2, -0.15) is 0 Å². The first-order valence-corrected chi connectivity index (χ1v) is 8.98. The van der Waals surface area contributed by atoms with Gasteiger partial charge >= 0.3 is 0 Å². The Morgan fingerprint density at radius 2 is 2.10 bits per heavy atom. The number of piperidine rings is 1. The van der Waals surface area contributed by atoms with Gasteiger partial charge in [0, 0.05) is 18.0 Å². The lowest BCUT2D eigenvalue weighted by Crippen LogP contribution is -2.59. The van der Waals surface area contributed by atoms with Crippen molar-refractivity contribution in [1.29, 1.82) is 0 Å². The van der Waals surface area contributed by atoms with Gasteiger partial charge in [-0.05, 0) is 68.5 Å².